The van der Waals surface area contributed by atoms with E-state index in [1.165, 1.54) is 19.3 Å². The third-order valence-corrected chi connectivity index (χ3v) is 8.60. The zero-order valence-electron chi connectivity index (χ0n) is 20.8. The van der Waals surface area contributed by atoms with Crippen molar-refractivity contribution < 1.29 is 9.59 Å². The summed E-state index contributed by atoms with van der Waals surface area (Å²) in [5, 5.41) is 3.24. The van der Waals surface area contributed by atoms with Crippen LogP contribution in [0.1, 0.15) is 90.3 Å². The highest BCUT2D eigenvalue weighted by molar-refractivity contribution is 5.95. The van der Waals surface area contributed by atoms with Gasteiger partial charge in [0.2, 0.25) is 11.8 Å². The van der Waals surface area contributed by atoms with E-state index in [1.54, 1.807) is 6.33 Å². The van der Waals surface area contributed by atoms with Crippen LogP contribution in [-0.2, 0) is 22.6 Å². The van der Waals surface area contributed by atoms with Crippen molar-refractivity contribution in [2.75, 3.05) is 11.9 Å². The van der Waals surface area contributed by atoms with Crippen LogP contribution < -0.4 is 5.32 Å². The Balaban J connectivity index is 1.25. The van der Waals surface area contributed by atoms with Gasteiger partial charge in [-0.1, -0.05) is 27.7 Å². The van der Waals surface area contributed by atoms with Crippen molar-refractivity contribution in [2.24, 2.45) is 34.5 Å². The lowest BCUT2D eigenvalue weighted by molar-refractivity contribution is -0.140. The van der Waals surface area contributed by atoms with Crippen LogP contribution >= 0.6 is 0 Å². The third kappa shape index (κ3) is 4.67. The Kier molecular flexibility index (Phi) is 5.77. The topological polar surface area (TPSA) is 75.2 Å². The van der Waals surface area contributed by atoms with Crippen LogP contribution in [-0.4, -0.2) is 33.2 Å². The van der Waals surface area contributed by atoms with Crippen molar-refractivity contribution in [1.29, 1.82) is 0 Å². The molecule has 4 fully saturated rings. The maximum atomic E-state index is 13.5. The highest BCUT2D eigenvalue weighted by atomic mass is 16.2. The molecule has 1 aliphatic heterocycles. The number of carbonyl (C=O) groups is 2. The molecule has 2 heterocycles. The number of aromatic nitrogens is 2. The van der Waals surface area contributed by atoms with Gasteiger partial charge in [-0.2, -0.15) is 0 Å². The van der Waals surface area contributed by atoms with Crippen LogP contribution in [0.25, 0.3) is 0 Å². The van der Waals surface area contributed by atoms with Crippen molar-refractivity contribution in [2.45, 2.75) is 92.0 Å². The van der Waals surface area contributed by atoms with Crippen LogP contribution in [0.2, 0.25) is 0 Å². The van der Waals surface area contributed by atoms with Gasteiger partial charge < -0.3 is 10.2 Å². The second kappa shape index (κ2) is 8.35. The summed E-state index contributed by atoms with van der Waals surface area (Å²) < 4.78 is 0. The first-order valence-corrected chi connectivity index (χ1v) is 13.0. The Bertz CT molecular complexity index is 899. The zero-order valence-corrected chi connectivity index (χ0v) is 20.8. The average Bonchev–Trinajstić information content (AvgIpc) is 2.71. The molecule has 180 valence electrons. The summed E-state index contributed by atoms with van der Waals surface area (Å²) >= 11 is 0. The lowest BCUT2D eigenvalue weighted by Gasteiger charge is -2.55. The molecule has 1 aromatic heterocycles. The molecule has 4 saturated carbocycles. The maximum Gasteiger partial charge on any atom is 0.231 e. The molecular formula is C27H40N4O2. The van der Waals surface area contributed by atoms with Crippen molar-refractivity contribution >= 4 is 17.6 Å². The van der Waals surface area contributed by atoms with Crippen LogP contribution in [0, 0.1) is 34.5 Å². The zero-order chi connectivity index (χ0) is 23.4. The van der Waals surface area contributed by atoms with Crippen LogP contribution in [0.5, 0.6) is 0 Å². The second-order valence-corrected chi connectivity index (χ2v) is 12.9. The van der Waals surface area contributed by atoms with E-state index in [-0.39, 0.29) is 22.6 Å². The van der Waals surface area contributed by atoms with Gasteiger partial charge in [0.1, 0.15) is 12.1 Å². The highest BCUT2D eigenvalue weighted by Gasteiger charge is 2.54. The van der Waals surface area contributed by atoms with Gasteiger partial charge in [-0.25, -0.2) is 9.97 Å². The molecule has 0 radical (unpaired) electrons. The van der Waals surface area contributed by atoms with E-state index in [1.807, 2.05) is 4.90 Å². The van der Waals surface area contributed by atoms with Crippen LogP contribution in [0.3, 0.4) is 0 Å². The summed E-state index contributed by atoms with van der Waals surface area (Å²) in [6.45, 7) is 10.0. The summed E-state index contributed by atoms with van der Waals surface area (Å²) in [5.41, 5.74) is 1.94. The molecule has 1 N–H and O–H groups in total. The fraction of sp³-hybridized carbons (Fsp3) is 0.778. The minimum Gasteiger partial charge on any atom is -0.336 e. The predicted molar refractivity (Wildman–Crippen MR) is 128 cm³/mol. The van der Waals surface area contributed by atoms with E-state index in [4.69, 9.17) is 0 Å². The van der Waals surface area contributed by atoms with Crippen molar-refractivity contribution in [3.8, 4) is 0 Å². The molecule has 0 aromatic carbocycles. The Morgan fingerprint density at radius 2 is 1.76 bits per heavy atom. The number of nitrogens with one attached hydrogen (secondary N) is 1. The number of hydrogen-bond acceptors (Lipinski definition) is 4. The fourth-order valence-corrected chi connectivity index (χ4v) is 7.85. The van der Waals surface area contributed by atoms with Gasteiger partial charge in [0.25, 0.3) is 0 Å². The number of nitrogens with zero attached hydrogens (tertiary/aromatic N) is 3. The van der Waals surface area contributed by atoms with Gasteiger partial charge >= 0.3 is 0 Å². The normalized spacial score (nSPS) is 31.3. The van der Waals surface area contributed by atoms with Gasteiger partial charge in [-0.15, -0.1) is 0 Å². The molecule has 1 atom stereocenters. The SMILES string of the molecule is CC(CC(=O)N1CCc2c(ncnc2NC(=O)C23CC4CC(CC(C4)C2)C3)C1)CC(C)(C)C. The van der Waals surface area contributed by atoms with Crippen molar-refractivity contribution in [3.63, 3.8) is 0 Å². The third-order valence-electron chi connectivity index (χ3n) is 8.60. The molecule has 4 aliphatic carbocycles. The molecule has 6 rings (SSSR count). The van der Waals surface area contributed by atoms with E-state index >= 15 is 0 Å². The largest absolute Gasteiger partial charge is 0.336 e. The molecule has 5 aliphatic rings. The fourth-order valence-electron chi connectivity index (χ4n) is 7.85. The van der Waals surface area contributed by atoms with E-state index < -0.39 is 0 Å². The van der Waals surface area contributed by atoms with Crippen LogP contribution in [0.4, 0.5) is 5.82 Å². The van der Waals surface area contributed by atoms with Crippen LogP contribution in [0.15, 0.2) is 6.33 Å². The van der Waals surface area contributed by atoms with E-state index in [0.717, 1.165) is 54.7 Å². The minimum atomic E-state index is -0.188. The summed E-state index contributed by atoms with van der Waals surface area (Å²) in [6, 6.07) is 0. The van der Waals surface area contributed by atoms with Gasteiger partial charge in [-0.05, 0) is 80.5 Å². The highest BCUT2D eigenvalue weighted by Crippen LogP contribution is 2.60. The molecule has 6 heteroatoms. The van der Waals surface area contributed by atoms with Crippen molar-refractivity contribution in [3.05, 3.63) is 17.6 Å². The number of carbonyl (C=O) groups excluding carboxylic acids is 2. The Hall–Kier alpha value is -1.98. The first-order valence-electron chi connectivity index (χ1n) is 13.0. The van der Waals surface area contributed by atoms with Gasteiger partial charge in [0.15, 0.2) is 0 Å². The molecule has 0 saturated heterocycles. The lowest BCUT2D eigenvalue weighted by Crippen LogP contribution is -2.52. The number of fused-ring (bicyclic) bond motifs is 1. The van der Waals surface area contributed by atoms with Gasteiger partial charge in [0, 0.05) is 18.5 Å². The number of hydrogen-bond donors (Lipinski definition) is 1. The second-order valence-electron chi connectivity index (χ2n) is 12.9. The number of anilines is 1. The molecule has 6 nitrogen and oxygen atoms in total. The Morgan fingerprint density at radius 1 is 1.12 bits per heavy atom. The van der Waals surface area contributed by atoms with Gasteiger partial charge in [0.05, 0.1) is 17.7 Å². The molecule has 1 unspecified atom stereocenters. The number of rotatable bonds is 5. The predicted octanol–water partition coefficient (Wildman–Crippen LogP) is 4.98. The first kappa shape index (κ1) is 22.8. The summed E-state index contributed by atoms with van der Waals surface area (Å²) in [6.07, 6.45) is 11.0. The standard InChI is InChI=1S/C27H40N4O2/c1-17(11-26(2,3)4)7-23(32)31-6-5-21-22(15-31)28-16-29-24(21)30-25(33)27-12-18-8-19(13-27)10-20(9-18)14-27/h16-20H,5-15H2,1-4H3,(H,28,29,30,33). The van der Waals surface area contributed by atoms with E-state index in [0.29, 0.717) is 37.7 Å². The Labute approximate surface area is 198 Å². The van der Waals surface area contributed by atoms with E-state index in [9.17, 15) is 9.59 Å². The molecule has 4 bridgehead atoms. The summed E-state index contributed by atoms with van der Waals surface area (Å²) in [5.74, 6) is 3.63. The van der Waals surface area contributed by atoms with E-state index in [2.05, 4.69) is 43.0 Å². The molecule has 2 amide bonds. The number of amides is 2. The lowest BCUT2D eigenvalue weighted by atomic mass is 9.49. The molecule has 0 spiro atoms. The quantitative estimate of drug-likeness (QED) is 0.684. The molecular weight excluding hydrogens is 412 g/mol. The first-order chi connectivity index (χ1) is 15.6. The summed E-state index contributed by atoms with van der Waals surface area (Å²) in [4.78, 5) is 37.4. The molecule has 33 heavy (non-hydrogen) atoms. The smallest absolute Gasteiger partial charge is 0.231 e. The summed E-state index contributed by atoms with van der Waals surface area (Å²) in [7, 11) is 0. The van der Waals surface area contributed by atoms with Crippen molar-refractivity contribution in [1.82, 2.24) is 14.9 Å². The minimum absolute atomic E-state index is 0.178. The average molecular weight is 453 g/mol. The Morgan fingerprint density at radius 3 is 2.36 bits per heavy atom. The van der Waals surface area contributed by atoms with Gasteiger partial charge in [-0.3, -0.25) is 9.59 Å². The monoisotopic (exact) mass is 452 g/mol. The maximum absolute atomic E-state index is 13.5. The molecule has 1 aromatic rings.